The molecule has 0 aliphatic heterocycles. The van der Waals surface area contributed by atoms with Crippen LogP contribution in [0.3, 0.4) is 0 Å². The number of nitrogens with one attached hydrogen (secondary N) is 1. The molecule has 1 aromatic rings. The number of nitrogens with zero attached hydrogens (tertiary/aromatic N) is 2. The number of hydrogen-bond donors (Lipinski definition) is 1. The predicted octanol–water partition coefficient (Wildman–Crippen LogP) is 1.88. The highest BCUT2D eigenvalue weighted by Gasteiger charge is 2.20. The molecule has 15 heavy (non-hydrogen) atoms. The van der Waals surface area contributed by atoms with Gasteiger partial charge in [0.05, 0.1) is 6.07 Å². The lowest BCUT2D eigenvalue weighted by molar-refractivity contribution is 0.0924. The number of carbonyl (C=O) groups is 1. The molecule has 1 N–H and O–H groups in total. The molecule has 78 valence electrons. The quantitative estimate of drug-likeness (QED) is 0.890. The van der Waals surface area contributed by atoms with Crippen LogP contribution in [0.1, 0.15) is 24.3 Å². The summed E-state index contributed by atoms with van der Waals surface area (Å²) >= 11 is 3.22. The third-order valence-electron chi connectivity index (χ3n) is 1.67. The number of amides is 1. The van der Waals surface area contributed by atoms with E-state index in [2.05, 4.69) is 26.2 Å². The zero-order valence-electron chi connectivity index (χ0n) is 8.41. The van der Waals surface area contributed by atoms with E-state index in [-0.39, 0.29) is 5.91 Å². The maximum Gasteiger partial charge on any atom is 0.271 e. The fourth-order valence-electron chi connectivity index (χ4n) is 0.886. The van der Waals surface area contributed by atoms with Crippen molar-refractivity contribution < 1.29 is 4.79 Å². The molecule has 1 aromatic heterocycles. The van der Waals surface area contributed by atoms with E-state index in [1.807, 2.05) is 6.07 Å². The Hall–Kier alpha value is -1.41. The number of hydrogen-bond acceptors (Lipinski definition) is 3. The highest BCUT2D eigenvalue weighted by Crippen LogP contribution is 2.08. The molecule has 1 heterocycles. The molecule has 0 fully saturated rings. The minimum atomic E-state index is -0.883. The standard InChI is InChI=1S/C10H10BrN3O/c1-10(2,6-12)14-9(15)8-4-3-7(11)5-13-8/h3-5H,1-2H3,(H,14,15). The van der Waals surface area contributed by atoms with Crippen LogP contribution in [0.2, 0.25) is 0 Å². The van der Waals surface area contributed by atoms with E-state index in [1.165, 1.54) is 6.20 Å². The Balaban J connectivity index is 2.79. The summed E-state index contributed by atoms with van der Waals surface area (Å²) in [5.74, 6) is -0.353. The fraction of sp³-hybridized carbons (Fsp3) is 0.300. The van der Waals surface area contributed by atoms with Crippen molar-refractivity contribution >= 4 is 21.8 Å². The normalized spacial score (nSPS) is 10.5. The molecule has 0 spiro atoms. The van der Waals surface area contributed by atoms with Gasteiger partial charge in [-0.1, -0.05) is 0 Å². The molecule has 0 atom stereocenters. The zero-order valence-corrected chi connectivity index (χ0v) is 10.00. The molecule has 0 saturated heterocycles. The van der Waals surface area contributed by atoms with Crippen molar-refractivity contribution in [2.24, 2.45) is 0 Å². The first-order valence-corrected chi connectivity index (χ1v) is 5.09. The third kappa shape index (κ3) is 3.33. The van der Waals surface area contributed by atoms with Gasteiger partial charge < -0.3 is 5.32 Å². The van der Waals surface area contributed by atoms with Gasteiger partial charge in [-0.25, -0.2) is 4.98 Å². The van der Waals surface area contributed by atoms with Crippen LogP contribution >= 0.6 is 15.9 Å². The summed E-state index contributed by atoms with van der Waals surface area (Å²) in [6, 6.07) is 5.30. The lowest BCUT2D eigenvalue weighted by Crippen LogP contribution is -2.42. The van der Waals surface area contributed by atoms with Gasteiger partial charge in [-0.3, -0.25) is 4.79 Å². The molecular weight excluding hydrogens is 258 g/mol. The number of nitriles is 1. The Bertz CT molecular complexity index is 406. The molecule has 0 bridgehead atoms. The summed E-state index contributed by atoms with van der Waals surface area (Å²) in [5.41, 5.74) is -0.590. The second-order valence-electron chi connectivity index (χ2n) is 3.55. The summed E-state index contributed by atoms with van der Waals surface area (Å²) in [6.45, 7) is 3.26. The monoisotopic (exact) mass is 267 g/mol. The van der Waals surface area contributed by atoms with Crippen LogP contribution in [0, 0.1) is 11.3 Å². The maximum atomic E-state index is 11.6. The third-order valence-corrected chi connectivity index (χ3v) is 2.13. The largest absolute Gasteiger partial charge is 0.333 e. The van der Waals surface area contributed by atoms with Crippen LogP contribution in [0.5, 0.6) is 0 Å². The lowest BCUT2D eigenvalue weighted by atomic mass is 10.1. The van der Waals surface area contributed by atoms with Gasteiger partial charge in [0, 0.05) is 10.7 Å². The van der Waals surface area contributed by atoms with Crippen LogP contribution in [-0.4, -0.2) is 16.4 Å². The smallest absolute Gasteiger partial charge is 0.271 e. The highest BCUT2D eigenvalue weighted by molar-refractivity contribution is 9.10. The Morgan fingerprint density at radius 1 is 1.60 bits per heavy atom. The number of rotatable bonds is 2. The van der Waals surface area contributed by atoms with Crippen LogP contribution in [-0.2, 0) is 0 Å². The van der Waals surface area contributed by atoms with Crippen LogP contribution < -0.4 is 5.32 Å². The molecular formula is C10H10BrN3O. The van der Waals surface area contributed by atoms with Crippen molar-refractivity contribution in [2.45, 2.75) is 19.4 Å². The Morgan fingerprint density at radius 2 is 2.27 bits per heavy atom. The van der Waals surface area contributed by atoms with Crippen molar-refractivity contribution in [2.75, 3.05) is 0 Å². The van der Waals surface area contributed by atoms with Gasteiger partial charge in [-0.15, -0.1) is 0 Å². The van der Waals surface area contributed by atoms with E-state index in [9.17, 15) is 4.79 Å². The van der Waals surface area contributed by atoms with Gasteiger partial charge in [-0.05, 0) is 41.9 Å². The van der Waals surface area contributed by atoms with Crippen molar-refractivity contribution in [1.82, 2.24) is 10.3 Å². The molecule has 4 nitrogen and oxygen atoms in total. The molecule has 0 saturated carbocycles. The van der Waals surface area contributed by atoms with Crippen LogP contribution in [0.15, 0.2) is 22.8 Å². The Morgan fingerprint density at radius 3 is 2.73 bits per heavy atom. The molecule has 0 aliphatic carbocycles. The zero-order chi connectivity index (χ0) is 11.5. The molecule has 1 rings (SSSR count). The molecule has 0 unspecified atom stereocenters. The Labute approximate surface area is 96.4 Å². The van der Waals surface area contributed by atoms with Gasteiger partial charge >= 0.3 is 0 Å². The van der Waals surface area contributed by atoms with Gasteiger partial charge in [0.1, 0.15) is 11.2 Å². The number of halogens is 1. The minimum Gasteiger partial charge on any atom is -0.333 e. The van der Waals surface area contributed by atoms with Gasteiger partial charge in [0.25, 0.3) is 5.91 Å². The van der Waals surface area contributed by atoms with E-state index in [1.54, 1.807) is 26.0 Å². The summed E-state index contributed by atoms with van der Waals surface area (Å²) < 4.78 is 0.804. The second-order valence-corrected chi connectivity index (χ2v) is 4.47. The van der Waals surface area contributed by atoms with E-state index in [4.69, 9.17) is 5.26 Å². The topological polar surface area (TPSA) is 65.8 Å². The summed E-state index contributed by atoms with van der Waals surface area (Å²) in [6.07, 6.45) is 1.54. The first-order valence-electron chi connectivity index (χ1n) is 4.30. The summed E-state index contributed by atoms with van der Waals surface area (Å²) in [5, 5.41) is 11.3. The van der Waals surface area contributed by atoms with Gasteiger partial charge in [-0.2, -0.15) is 5.26 Å². The van der Waals surface area contributed by atoms with Gasteiger partial charge in [0.2, 0.25) is 0 Å². The minimum absolute atomic E-state index is 0.293. The first-order chi connectivity index (χ1) is 6.94. The molecule has 0 aromatic carbocycles. The Kier molecular flexibility index (Phi) is 3.43. The van der Waals surface area contributed by atoms with E-state index in [0.717, 1.165) is 4.47 Å². The molecule has 0 radical (unpaired) electrons. The van der Waals surface area contributed by atoms with Crippen molar-refractivity contribution in [3.63, 3.8) is 0 Å². The average molecular weight is 268 g/mol. The average Bonchev–Trinajstić information content (AvgIpc) is 2.18. The second kappa shape index (κ2) is 4.41. The number of pyridine rings is 1. The first kappa shape index (κ1) is 11.7. The van der Waals surface area contributed by atoms with E-state index >= 15 is 0 Å². The SMILES string of the molecule is CC(C)(C#N)NC(=O)c1ccc(Br)cn1. The maximum absolute atomic E-state index is 11.6. The van der Waals surface area contributed by atoms with Crippen LogP contribution in [0.25, 0.3) is 0 Å². The van der Waals surface area contributed by atoms with Gasteiger partial charge in [0.15, 0.2) is 0 Å². The summed E-state index contributed by atoms with van der Waals surface area (Å²) in [7, 11) is 0. The van der Waals surface area contributed by atoms with Crippen LogP contribution in [0.4, 0.5) is 0 Å². The fourth-order valence-corrected chi connectivity index (χ4v) is 1.12. The lowest BCUT2D eigenvalue weighted by Gasteiger charge is -2.16. The highest BCUT2D eigenvalue weighted by atomic mass is 79.9. The van der Waals surface area contributed by atoms with Crippen molar-refractivity contribution in [3.05, 3.63) is 28.5 Å². The van der Waals surface area contributed by atoms with Crippen molar-refractivity contribution in [1.29, 1.82) is 5.26 Å². The number of carbonyl (C=O) groups excluding carboxylic acids is 1. The van der Waals surface area contributed by atoms with E-state index in [0.29, 0.717) is 5.69 Å². The summed E-state index contributed by atoms with van der Waals surface area (Å²) in [4.78, 5) is 15.5. The molecule has 5 heteroatoms. The predicted molar refractivity (Wildman–Crippen MR) is 59.1 cm³/mol. The van der Waals surface area contributed by atoms with Crippen molar-refractivity contribution in [3.8, 4) is 6.07 Å². The molecule has 0 aliphatic rings. The molecule has 1 amide bonds. The number of aromatic nitrogens is 1. The van der Waals surface area contributed by atoms with E-state index < -0.39 is 5.54 Å².